The molecule has 1 N–H and O–H groups in total. The van der Waals surface area contributed by atoms with E-state index in [1.807, 2.05) is 0 Å². The van der Waals surface area contributed by atoms with E-state index in [2.05, 4.69) is 31.4 Å². The first kappa shape index (κ1) is 18.6. The number of hydrogen-bond acceptors (Lipinski definition) is 7. The monoisotopic (exact) mass is 453 g/mol. The molecule has 2 aromatic carbocycles. The Kier molecular flexibility index (Phi) is 5.74. The van der Waals surface area contributed by atoms with E-state index in [0.29, 0.717) is 16.5 Å². The van der Waals surface area contributed by atoms with Crippen LogP contribution < -0.4 is 9.50 Å². The minimum absolute atomic E-state index is 0.0678. The van der Waals surface area contributed by atoms with Gasteiger partial charge in [-0.25, -0.2) is 0 Å². The maximum Gasteiger partial charge on any atom is 0.339 e. The molecule has 1 amide bonds. The van der Waals surface area contributed by atoms with E-state index >= 15 is 0 Å². The Hall–Kier alpha value is -2.17. The van der Waals surface area contributed by atoms with Crippen molar-refractivity contribution in [3.63, 3.8) is 0 Å². The molecule has 0 aliphatic carbocycles. The second-order valence-electron chi connectivity index (χ2n) is 5.05. The summed E-state index contributed by atoms with van der Waals surface area (Å²) in [5.74, 6) is 0.431. The lowest BCUT2D eigenvalue weighted by molar-refractivity contribution is -0.116. The van der Waals surface area contributed by atoms with Gasteiger partial charge in [-0.2, -0.15) is 13.5 Å². The van der Waals surface area contributed by atoms with Crippen LogP contribution in [-0.2, 0) is 14.9 Å². The van der Waals surface area contributed by atoms with Crippen molar-refractivity contribution in [2.75, 3.05) is 5.75 Å². The summed E-state index contributed by atoms with van der Waals surface area (Å²) in [5, 5.41) is 10.8. The van der Waals surface area contributed by atoms with Crippen LogP contribution >= 0.6 is 27.7 Å². The van der Waals surface area contributed by atoms with Crippen molar-refractivity contribution < 1.29 is 17.4 Å². The van der Waals surface area contributed by atoms with Gasteiger partial charge in [0, 0.05) is 4.47 Å². The molecule has 134 valence electrons. The highest BCUT2D eigenvalue weighted by atomic mass is 79.9. The molecule has 0 bridgehead atoms. The molecule has 1 aliphatic heterocycles. The summed E-state index contributed by atoms with van der Waals surface area (Å²) >= 11 is 4.53. The molecule has 0 atom stereocenters. The first-order chi connectivity index (χ1) is 12.4. The van der Waals surface area contributed by atoms with E-state index in [1.165, 1.54) is 42.2 Å². The average Bonchev–Trinajstić information content (AvgIpc) is 3.02. The Morgan fingerprint density at radius 1 is 1.12 bits per heavy atom. The minimum Gasteiger partial charge on any atom is -0.379 e. The van der Waals surface area contributed by atoms with Crippen molar-refractivity contribution in [1.29, 1.82) is 0 Å². The predicted octanol–water partition coefficient (Wildman–Crippen LogP) is 2.77. The van der Waals surface area contributed by atoms with E-state index in [4.69, 9.17) is 4.18 Å². The van der Waals surface area contributed by atoms with Gasteiger partial charge in [0.2, 0.25) is 5.91 Å². The zero-order valence-electron chi connectivity index (χ0n) is 13.1. The summed E-state index contributed by atoms with van der Waals surface area (Å²) in [5.41, 5.74) is 0.706. The number of amidine groups is 1. The lowest BCUT2D eigenvalue weighted by Gasteiger charge is -2.07. The molecule has 2 aromatic rings. The third-order valence-electron chi connectivity index (χ3n) is 3.13. The Labute approximate surface area is 162 Å². The zero-order chi connectivity index (χ0) is 18.6. The fourth-order valence-electron chi connectivity index (χ4n) is 1.91. The lowest BCUT2D eigenvalue weighted by atomic mass is 10.2. The molecule has 10 heteroatoms. The van der Waals surface area contributed by atoms with Crippen LogP contribution in [0.2, 0.25) is 0 Å². The van der Waals surface area contributed by atoms with E-state index in [0.717, 1.165) is 4.47 Å². The fraction of sp³-hybridized carbons (Fsp3) is 0.0625. The molecule has 0 spiro atoms. The van der Waals surface area contributed by atoms with Crippen molar-refractivity contribution >= 4 is 55.1 Å². The molecule has 1 heterocycles. The largest absolute Gasteiger partial charge is 0.379 e. The first-order valence-electron chi connectivity index (χ1n) is 7.26. The first-order valence-corrected chi connectivity index (χ1v) is 10.4. The maximum atomic E-state index is 12.2. The molecular formula is C16H12BrN3O4S2. The lowest BCUT2D eigenvalue weighted by Crippen LogP contribution is -2.19. The second-order valence-corrected chi connectivity index (χ2v) is 8.47. The van der Waals surface area contributed by atoms with Crippen LogP contribution in [0.15, 0.2) is 68.1 Å². The number of hydrogen-bond donors (Lipinski definition) is 1. The zero-order valence-corrected chi connectivity index (χ0v) is 16.3. The van der Waals surface area contributed by atoms with Crippen LogP contribution in [0.25, 0.3) is 0 Å². The van der Waals surface area contributed by atoms with Gasteiger partial charge < -0.3 is 9.50 Å². The molecule has 26 heavy (non-hydrogen) atoms. The maximum absolute atomic E-state index is 12.2. The number of nitrogens with one attached hydrogen (secondary N) is 1. The van der Waals surface area contributed by atoms with E-state index < -0.39 is 10.1 Å². The molecular weight excluding hydrogens is 442 g/mol. The normalized spacial score (nSPS) is 16.2. The third kappa shape index (κ3) is 4.93. The molecule has 0 unspecified atom stereocenters. The predicted molar refractivity (Wildman–Crippen MR) is 104 cm³/mol. The highest BCUT2D eigenvalue weighted by molar-refractivity contribution is 9.10. The van der Waals surface area contributed by atoms with Crippen LogP contribution in [0.1, 0.15) is 5.56 Å². The van der Waals surface area contributed by atoms with Gasteiger partial charge in [0.25, 0.3) is 0 Å². The van der Waals surface area contributed by atoms with Gasteiger partial charge in [0.1, 0.15) is 10.6 Å². The van der Waals surface area contributed by atoms with Gasteiger partial charge in [0.05, 0.1) is 12.0 Å². The topological polar surface area (TPSA) is 97.2 Å². The van der Waals surface area contributed by atoms with Crippen LogP contribution in [0, 0.1) is 0 Å². The Morgan fingerprint density at radius 2 is 1.81 bits per heavy atom. The van der Waals surface area contributed by atoms with Crippen LogP contribution in [0.3, 0.4) is 0 Å². The number of benzene rings is 2. The number of carbonyl (C=O) groups is 1. The molecule has 3 rings (SSSR count). The summed E-state index contributed by atoms with van der Waals surface area (Å²) in [7, 11) is -3.90. The average molecular weight is 454 g/mol. The number of halogens is 1. The molecule has 7 nitrogen and oxygen atoms in total. The van der Waals surface area contributed by atoms with Gasteiger partial charge in [-0.3, -0.25) is 4.79 Å². The summed E-state index contributed by atoms with van der Waals surface area (Å²) in [6, 6.07) is 12.5. The standard InChI is InChI=1S/C16H12BrN3O4S2/c17-12-3-7-14(8-4-12)26(22,23)24-13-5-1-11(2-6-13)9-18-20-16-19-15(21)10-25-16/h1-9H,10H2,(H,19,20,21). The molecule has 1 aliphatic rings. The van der Waals surface area contributed by atoms with Gasteiger partial charge in [0.15, 0.2) is 5.17 Å². The van der Waals surface area contributed by atoms with Crippen molar-refractivity contribution in [2.24, 2.45) is 10.2 Å². The molecule has 0 saturated carbocycles. The number of rotatable bonds is 5. The van der Waals surface area contributed by atoms with Gasteiger partial charge in [-0.05, 0) is 54.1 Å². The van der Waals surface area contributed by atoms with Crippen molar-refractivity contribution in [1.82, 2.24) is 5.32 Å². The van der Waals surface area contributed by atoms with Gasteiger partial charge >= 0.3 is 10.1 Å². The number of carbonyl (C=O) groups excluding carboxylic acids is 1. The quantitative estimate of drug-likeness (QED) is 0.426. The Balaban J connectivity index is 1.66. The van der Waals surface area contributed by atoms with Crippen LogP contribution in [0.4, 0.5) is 0 Å². The van der Waals surface area contributed by atoms with E-state index in [-0.39, 0.29) is 16.6 Å². The van der Waals surface area contributed by atoms with Gasteiger partial charge in [-0.15, -0.1) is 5.10 Å². The Morgan fingerprint density at radius 3 is 2.42 bits per heavy atom. The van der Waals surface area contributed by atoms with Crippen LogP contribution in [0.5, 0.6) is 5.75 Å². The fourth-order valence-corrected chi connectivity index (χ4v) is 3.74. The molecule has 1 fully saturated rings. The second kappa shape index (κ2) is 8.02. The van der Waals surface area contributed by atoms with E-state index in [1.54, 1.807) is 24.3 Å². The van der Waals surface area contributed by atoms with Gasteiger partial charge in [-0.1, -0.05) is 27.7 Å². The number of nitrogens with zero attached hydrogens (tertiary/aromatic N) is 2. The Bertz CT molecular complexity index is 972. The van der Waals surface area contributed by atoms with Crippen molar-refractivity contribution in [3.8, 4) is 5.75 Å². The highest BCUT2D eigenvalue weighted by Crippen LogP contribution is 2.20. The third-order valence-corrected chi connectivity index (χ3v) is 5.78. The van der Waals surface area contributed by atoms with Crippen molar-refractivity contribution in [2.45, 2.75) is 4.90 Å². The minimum atomic E-state index is -3.90. The summed E-state index contributed by atoms with van der Waals surface area (Å²) in [6.45, 7) is 0. The smallest absolute Gasteiger partial charge is 0.339 e. The molecule has 0 aromatic heterocycles. The number of thioether (sulfide) groups is 1. The number of amides is 1. The highest BCUT2D eigenvalue weighted by Gasteiger charge is 2.17. The van der Waals surface area contributed by atoms with Crippen molar-refractivity contribution in [3.05, 3.63) is 58.6 Å². The summed E-state index contributed by atoms with van der Waals surface area (Å²) in [6.07, 6.45) is 1.49. The van der Waals surface area contributed by atoms with Crippen LogP contribution in [-0.4, -0.2) is 31.5 Å². The van der Waals surface area contributed by atoms with E-state index in [9.17, 15) is 13.2 Å². The molecule has 0 radical (unpaired) electrons. The molecule has 1 saturated heterocycles. The SMILES string of the molecule is O=C1CSC(=NN=Cc2ccc(OS(=O)(=O)c3ccc(Br)cc3)cc2)N1. The summed E-state index contributed by atoms with van der Waals surface area (Å²) in [4.78, 5) is 11.1. The summed E-state index contributed by atoms with van der Waals surface area (Å²) < 4.78 is 30.3.